The molecule has 1 nitrogen and oxygen atoms in total. The van der Waals surface area contributed by atoms with Crippen molar-refractivity contribution in [2.45, 2.75) is 13.3 Å². The average molecular weight is 275 g/mol. The van der Waals surface area contributed by atoms with Gasteiger partial charge in [-0.2, -0.15) is 0 Å². The van der Waals surface area contributed by atoms with Crippen LogP contribution in [-0.2, 0) is 17.1 Å². The molecule has 0 bridgehead atoms. The number of hydrogen-bond donors (Lipinski definition) is 1. The molecule has 0 unspecified atom stereocenters. The first-order valence-corrected chi connectivity index (χ1v) is 5.16. The molecule has 4 heteroatoms. The second kappa shape index (κ2) is 7.29. The molecule has 1 aromatic rings. The van der Waals surface area contributed by atoms with Crippen molar-refractivity contribution >= 4 is 34.9 Å². The normalized spacial score (nSPS) is 9.00. The van der Waals surface area contributed by atoms with Gasteiger partial charge in [0.15, 0.2) is 0 Å². The first-order chi connectivity index (χ1) is 6.25. The molecule has 1 aromatic carbocycles. The summed E-state index contributed by atoms with van der Waals surface area (Å²) in [4.78, 5) is 2.03. The summed E-state index contributed by atoms with van der Waals surface area (Å²) in [6.07, 6.45) is 1.07. The Labute approximate surface area is 107 Å². The van der Waals surface area contributed by atoms with Gasteiger partial charge in [-0.3, -0.25) is 0 Å². The van der Waals surface area contributed by atoms with Crippen molar-refractivity contribution in [1.29, 1.82) is 0 Å². The molecule has 0 saturated heterocycles. The fourth-order valence-corrected chi connectivity index (χ4v) is 1.58. The van der Waals surface area contributed by atoms with Gasteiger partial charge in [-0.1, -0.05) is 37.3 Å². The molecule has 81 valence electrons. The van der Waals surface area contributed by atoms with Crippen LogP contribution in [0.1, 0.15) is 13.3 Å². The molecule has 0 spiro atoms. The first-order valence-electron chi connectivity index (χ1n) is 4.31. The molecule has 0 aromatic heterocycles. The van der Waals surface area contributed by atoms with Gasteiger partial charge in [-0.05, 0) is 18.6 Å². The third-order valence-electron chi connectivity index (χ3n) is 1.75. The molecule has 0 aliphatic carbocycles. The van der Waals surface area contributed by atoms with Gasteiger partial charge in [-0.15, -0.1) is 12.6 Å². The van der Waals surface area contributed by atoms with Gasteiger partial charge in [0.05, 0.1) is 0 Å². The molecule has 0 aliphatic heterocycles. The Balaban J connectivity index is 0.00000169. The van der Waals surface area contributed by atoms with E-state index in [0.29, 0.717) is 4.32 Å². The summed E-state index contributed by atoms with van der Waals surface area (Å²) >= 11 is 9.25. The second-order valence-corrected chi connectivity index (χ2v) is 3.88. The molecular weight excluding hydrogens is 262 g/mol. The molecular formula is C10H13CuNS2. The van der Waals surface area contributed by atoms with Crippen LogP contribution in [0.4, 0.5) is 5.69 Å². The number of rotatable bonds is 3. The molecule has 0 amide bonds. The van der Waals surface area contributed by atoms with Crippen LogP contribution in [0.15, 0.2) is 30.3 Å². The Hall–Kier alpha value is -0.0205. The number of thiol groups is 1. The number of hydrogen-bond acceptors (Lipinski definition) is 1. The molecule has 0 aliphatic rings. The van der Waals surface area contributed by atoms with E-state index >= 15 is 0 Å². The van der Waals surface area contributed by atoms with Crippen LogP contribution in [0.2, 0.25) is 0 Å². The largest absolute Gasteiger partial charge is 0.328 e. The second-order valence-electron chi connectivity index (χ2n) is 2.77. The fraction of sp³-hybridized carbons (Fsp3) is 0.300. The van der Waals surface area contributed by atoms with Gasteiger partial charge < -0.3 is 4.90 Å². The van der Waals surface area contributed by atoms with E-state index in [1.165, 1.54) is 0 Å². The van der Waals surface area contributed by atoms with Gasteiger partial charge in [0, 0.05) is 29.3 Å². The zero-order valence-electron chi connectivity index (χ0n) is 7.91. The van der Waals surface area contributed by atoms with Gasteiger partial charge in [0.2, 0.25) is 0 Å². The van der Waals surface area contributed by atoms with E-state index in [1.807, 2.05) is 35.2 Å². The molecule has 1 rings (SSSR count). The quantitative estimate of drug-likeness (QED) is 0.513. The first kappa shape index (κ1) is 14.0. The Kier molecular flexibility index (Phi) is 7.28. The topological polar surface area (TPSA) is 3.24 Å². The summed E-state index contributed by atoms with van der Waals surface area (Å²) in [5.74, 6) is 0. The minimum absolute atomic E-state index is 0. The Morgan fingerprint density at radius 3 is 2.36 bits per heavy atom. The molecule has 0 atom stereocenters. The van der Waals surface area contributed by atoms with Crippen LogP contribution < -0.4 is 4.90 Å². The number of nitrogens with zero attached hydrogens (tertiary/aromatic N) is 1. The van der Waals surface area contributed by atoms with Crippen molar-refractivity contribution in [3.8, 4) is 0 Å². The summed E-state index contributed by atoms with van der Waals surface area (Å²) in [6.45, 7) is 3.05. The van der Waals surface area contributed by atoms with Crippen LogP contribution in [-0.4, -0.2) is 10.9 Å². The van der Waals surface area contributed by atoms with Gasteiger partial charge >= 0.3 is 0 Å². The van der Waals surface area contributed by atoms with Crippen LogP contribution in [0.25, 0.3) is 0 Å². The predicted octanol–water partition coefficient (Wildman–Crippen LogP) is 3.12. The van der Waals surface area contributed by atoms with Gasteiger partial charge in [0.25, 0.3) is 0 Å². The van der Waals surface area contributed by atoms with Crippen molar-refractivity contribution in [2.75, 3.05) is 11.4 Å². The van der Waals surface area contributed by atoms with Crippen molar-refractivity contribution in [3.05, 3.63) is 30.3 Å². The van der Waals surface area contributed by atoms with Crippen LogP contribution in [0.5, 0.6) is 0 Å². The van der Waals surface area contributed by atoms with Crippen LogP contribution in [0, 0.1) is 0 Å². The Morgan fingerprint density at radius 2 is 1.93 bits per heavy atom. The summed E-state index contributed by atoms with van der Waals surface area (Å²) in [6, 6.07) is 10.1. The SMILES string of the molecule is CCCN(C(=S)S)c1ccccc1.[Cu]. The van der Waals surface area contributed by atoms with E-state index in [4.69, 9.17) is 12.2 Å². The number of thiocarbonyl (C=S) groups is 1. The van der Waals surface area contributed by atoms with E-state index in [0.717, 1.165) is 18.7 Å². The third kappa shape index (κ3) is 4.01. The minimum Gasteiger partial charge on any atom is -0.328 e. The van der Waals surface area contributed by atoms with E-state index in [1.54, 1.807) is 0 Å². The minimum atomic E-state index is 0. The molecule has 14 heavy (non-hydrogen) atoms. The standard InChI is InChI=1S/C10H13NS2.Cu/c1-2-8-11(10(12)13)9-6-4-3-5-7-9;/h3-7H,2,8H2,1H3,(H,12,13);. The smallest absolute Gasteiger partial charge is 0.137 e. The van der Waals surface area contributed by atoms with Crippen LogP contribution >= 0.6 is 24.8 Å². The average Bonchev–Trinajstić information content (AvgIpc) is 2.15. The molecule has 1 radical (unpaired) electrons. The maximum Gasteiger partial charge on any atom is 0.137 e. The van der Waals surface area contributed by atoms with Gasteiger partial charge in [0.1, 0.15) is 4.32 Å². The molecule has 0 heterocycles. The van der Waals surface area contributed by atoms with Crippen molar-refractivity contribution in [3.63, 3.8) is 0 Å². The summed E-state index contributed by atoms with van der Waals surface area (Å²) < 4.78 is 0.632. The van der Waals surface area contributed by atoms with E-state index in [-0.39, 0.29) is 17.1 Å². The van der Waals surface area contributed by atoms with E-state index in [2.05, 4.69) is 19.6 Å². The van der Waals surface area contributed by atoms with E-state index < -0.39 is 0 Å². The summed E-state index contributed by atoms with van der Waals surface area (Å²) in [5, 5.41) is 0. The van der Waals surface area contributed by atoms with E-state index in [9.17, 15) is 0 Å². The van der Waals surface area contributed by atoms with Crippen molar-refractivity contribution in [1.82, 2.24) is 0 Å². The summed E-state index contributed by atoms with van der Waals surface area (Å²) in [5.41, 5.74) is 1.12. The molecule has 0 fully saturated rings. The van der Waals surface area contributed by atoms with Crippen molar-refractivity contribution < 1.29 is 17.1 Å². The zero-order valence-corrected chi connectivity index (χ0v) is 10.6. The predicted molar refractivity (Wildman–Crippen MR) is 65.7 cm³/mol. The Morgan fingerprint density at radius 1 is 1.36 bits per heavy atom. The molecule has 0 saturated carbocycles. The number of anilines is 1. The zero-order chi connectivity index (χ0) is 9.68. The monoisotopic (exact) mass is 274 g/mol. The number of benzene rings is 1. The molecule has 0 N–H and O–H groups in total. The third-order valence-corrected chi connectivity index (χ3v) is 2.21. The summed E-state index contributed by atoms with van der Waals surface area (Å²) in [7, 11) is 0. The maximum atomic E-state index is 5.05. The van der Waals surface area contributed by atoms with Gasteiger partial charge in [-0.25, -0.2) is 0 Å². The van der Waals surface area contributed by atoms with Crippen molar-refractivity contribution in [2.24, 2.45) is 0 Å². The number of para-hydroxylation sites is 1. The Bertz CT molecular complexity index is 277. The fourth-order valence-electron chi connectivity index (χ4n) is 1.17. The van der Waals surface area contributed by atoms with Crippen LogP contribution in [0.3, 0.4) is 0 Å². The maximum absolute atomic E-state index is 5.05.